The highest BCUT2D eigenvalue weighted by Crippen LogP contribution is 2.43. The second-order valence-corrected chi connectivity index (χ2v) is 5.83. The summed E-state index contributed by atoms with van der Waals surface area (Å²) in [5.41, 5.74) is -0.274. The van der Waals surface area contributed by atoms with Crippen molar-refractivity contribution in [2.75, 3.05) is 0 Å². The van der Waals surface area contributed by atoms with Crippen LogP contribution in [0.4, 0.5) is 8.78 Å². The second kappa shape index (κ2) is 5.98. The van der Waals surface area contributed by atoms with E-state index >= 15 is 0 Å². The molecule has 17 heavy (non-hydrogen) atoms. The average Bonchev–Trinajstić information content (AvgIpc) is 2.53. The molecule has 0 bridgehead atoms. The van der Waals surface area contributed by atoms with Crippen LogP contribution in [0.2, 0.25) is 8.67 Å². The third-order valence-corrected chi connectivity index (χ3v) is 3.67. The van der Waals surface area contributed by atoms with Crippen molar-refractivity contribution in [2.45, 2.75) is 31.6 Å². The van der Waals surface area contributed by atoms with Crippen molar-refractivity contribution in [3.8, 4) is 0 Å². The highest BCUT2D eigenvalue weighted by atomic mass is 35.5. The summed E-state index contributed by atoms with van der Waals surface area (Å²) in [4.78, 5) is 10.2. The minimum Gasteiger partial charge on any atom is -0.481 e. The normalized spacial score (nSPS) is 11.8. The molecule has 0 saturated heterocycles. The van der Waals surface area contributed by atoms with Crippen molar-refractivity contribution in [3.05, 3.63) is 20.3 Å². The number of carboxylic acids is 1. The zero-order chi connectivity index (χ0) is 13.1. The van der Waals surface area contributed by atoms with Gasteiger partial charge in [0.25, 0.3) is 5.92 Å². The van der Waals surface area contributed by atoms with Gasteiger partial charge in [0.05, 0.1) is 9.90 Å². The van der Waals surface area contributed by atoms with E-state index < -0.39 is 18.3 Å². The molecule has 0 aromatic carbocycles. The van der Waals surface area contributed by atoms with Crippen molar-refractivity contribution >= 4 is 40.5 Å². The molecular weight excluding hydrogens is 293 g/mol. The molecular formula is C10H10Cl2F2O2S. The van der Waals surface area contributed by atoms with Crippen molar-refractivity contribution in [1.82, 2.24) is 0 Å². The predicted octanol–water partition coefficient (Wildman–Crippen LogP) is 4.79. The average molecular weight is 303 g/mol. The van der Waals surface area contributed by atoms with Gasteiger partial charge < -0.3 is 5.11 Å². The lowest BCUT2D eigenvalue weighted by Gasteiger charge is -2.15. The summed E-state index contributed by atoms with van der Waals surface area (Å²) >= 11 is 12.1. The van der Waals surface area contributed by atoms with Gasteiger partial charge in [-0.05, 0) is 18.9 Å². The van der Waals surface area contributed by atoms with E-state index in [4.69, 9.17) is 28.3 Å². The Kier molecular flexibility index (Phi) is 5.16. The first-order chi connectivity index (χ1) is 7.83. The van der Waals surface area contributed by atoms with E-state index in [1.165, 1.54) is 0 Å². The van der Waals surface area contributed by atoms with Crippen LogP contribution in [-0.2, 0) is 10.7 Å². The fourth-order valence-electron chi connectivity index (χ4n) is 1.35. The number of hydrogen-bond acceptors (Lipinski definition) is 2. The molecule has 7 heteroatoms. The highest BCUT2D eigenvalue weighted by Gasteiger charge is 2.34. The van der Waals surface area contributed by atoms with Gasteiger partial charge in [-0.3, -0.25) is 4.79 Å². The number of thiophene rings is 1. The number of alkyl halides is 2. The molecule has 0 aliphatic rings. The van der Waals surface area contributed by atoms with Crippen LogP contribution in [0.1, 0.15) is 31.2 Å². The van der Waals surface area contributed by atoms with Crippen molar-refractivity contribution in [3.63, 3.8) is 0 Å². The van der Waals surface area contributed by atoms with E-state index in [0.717, 1.165) is 17.4 Å². The van der Waals surface area contributed by atoms with Crippen LogP contribution >= 0.6 is 34.5 Å². The zero-order valence-electron chi connectivity index (χ0n) is 8.68. The van der Waals surface area contributed by atoms with E-state index in [1.807, 2.05) is 0 Å². The first kappa shape index (κ1) is 14.7. The van der Waals surface area contributed by atoms with Crippen molar-refractivity contribution < 1.29 is 18.7 Å². The van der Waals surface area contributed by atoms with Gasteiger partial charge in [-0.25, -0.2) is 8.78 Å². The molecule has 0 radical (unpaired) electrons. The molecule has 0 aliphatic heterocycles. The predicted molar refractivity (Wildman–Crippen MR) is 64.3 cm³/mol. The first-order valence-corrected chi connectivity index (χ1v) is 6.45. The van der Waals surface area contributed by atoms with Crippen LogP contribution in [0.5, 0.6) is 0 Å². The van der Waals surface area contributed by atoms with Crippen molar-refractivity contribution in [1.29, 1.82) is 0 Å². The Morgan fingerprint density at radius 3 is 2.53 bits per heavy atom. The molecule has 0 saturated carbocycles. The smallest absolute Gasteiger partial charge is 0.303 e. The quantitative estimate of drug-likeness (QED) is 0.767. The number of rotatable bonds is 6. The Labute approximate surface area is 111 Å². The van der Waals surface area contributed by atoms with E-state index in [1.54, 1.807) is 0 Å². The number of carbonyl (C=O) groups is 1. The summed E-state index contributed by atoms with van der Waals surface area (Å²) in [6.45, 7) is 0. The SMILES string of the molecule is O=C(O)CCCCC(F)(F)c1cc(Cl)sc1Cl. The lowest BCUT2D eigenvalue weighted by atomic mass is 10.0. The largest absolute Gasteiger partial charge is 0.481 e. The molecule has 0 amide bonds. The minimum atomic E-state index is -3.06. The molecule has 1 aromatic heterocycles. The van der Waals surface area contributed by atoms with Gasteiger partial charge >= 0.3 is 5.97 Å². The third-order valence-electron chi connectivity index (χ3n) is 2.18. The summed E-state index contributed by atoms with van der Waals surface area (Å²) < 4.78 is 27.5. The summed E-state index contributed by atoms with van der Waals surface area (Å²) in [7, 11) is 0. The molecule has 0 fully saturated rings. The van der Waals surface area contributed by atoms with Crippen LogP contribution in [0.3, 0.4) is 0 Å². The Morgan fingerprint density at radius 1 is 1.41 bits per heavy atom. The van der Waals surface area contributed by atoms with Crippen molar-refractivity contribution in [2.24, 2.45) is 0 Å². The van der Waals surface area contributed by atoms with E-state index in [2.05, 4.69) is 0 Å². The molecule has 0 atom stereocenters. The van der Waals surface area contributed by atoms with Crippen LogP contribution in [0, 0.1) is 0 Å². The monoisotopic (exact) mass is 302 g/mol. The maximum atomic E-state index is 13.7. The molecule has 0 spiro atoms. The van der Waals surface area contributed by atoms with E-state index in [9.17, 15) is 13.6 Å². The van der Waals surface area contributed by atoms with Gasteiger partial charge in [0, 0.05) is 12.8 Å². The minimum absolute atomic E-state index is 0.0155. The molecule has 1 heterocycles. The molecule has 2 nitrogen and oxygen atoms in total. The van der Waals surface area contributed by atoms with E-state index in [-0.39, 0.29) is 33.5 Å². The summed E-state index contributed by atoms with van der Waals surface area (Å²) in [5.74, 6) is -4.04. The van der Waals surface area contributed by atoms with Gasteiger partial charge in [-0.2, -0.15) is 0 Å². The molecule has 1 rings (SSSR count). The Bertz CT molecular complexity index is 407. The van der Waals surface area contributed by atoms with Crippen LogP contribution in [0.25, 0.3) is 0 Å². The fourth-order valence-corrected chi connectivity index (χ4v) is 2.91. The lowest BCUT2D eigenvalue weighted by Crippen LogP contribution is -2.12. The standard InChI is InChI=1S/C10H10Cl2F2O2S/c11-7-5-6(9(12)17-7)10(13,14)4-2-1-3-8(15)16/h5H,1-4H2,(H,15,16). The highest BCUT2D eigenvalue weighted by molar-refractivity contribution is 7.20. The maximum Gasteiger partial charge on any atom is 0.303 e. The van der Waals surface area contributed by atoms with Crippen LogP contribution < -0.4 is 0 Å². The van der Waals surface area contributed by atoms with Gasteiger partial charge in [0.15, 0.2) is 0 Å². The van der Waals surface area contributed by atoms with Gasteiger partial charge in [0.1, 0.15) is 4.34 Å². The Hall–Kier alpha value is -0.390. The molecule has 0 unspecified atom stereocenters. The van der Waals surface area contributed by atoms with Gasteiger partial charge in [-0.1, -0.05) is 23.2 Å². The summed E-state index contributed by atoms with van der Waals surface area (Å²) in [6, 6.07) is 1.16. The van der Waals surface area contributed by atoms with Crippen LogP contribution in [-0.4, -0.2) is 11.1 Å². The number of hydrogen-bond donors (Lipinski definition) is 1. The topological polar surface area (TPSA) is 37.3 Å². The molecule has 1 N–H and O–H groups in total. The number of carboxylic acid groups (broad SMARTS) is 1. The molecule has 1 aromatic rings. The second-order valence-electron chi connectivity index (χ2n) is 3.54. The number of unbranched alkanes of at least 4 members (excludes halogenated alkanes) is 1. The number of aliphatic carboxylic acids is 1. The van der Waals surface area contributed by atoms with E-state index in [0.29, 0.717) is 0 Å². The Balaban J connectivity index is 2.56. The Morgan fingerprint density at radius 2 is 2.06 bits per heavy atom. The number of halogens is 4. The van der Waals surface area contributed by atoms with Crippen LogP contribution in [0.15, 0.2) is 6.07 Å². The third kappa shape index (κ3) is 4.41. The van der Waals surface area contributed by atoms with Gasteiger partial charge in [-0.15, -0.1) is 11.3 Å². The fraction of sp³-hybridized carbons (Fsp3) is 0.500. The van der Waals surface area contributed by atoms with Gasteiger partial charge in [0.2, 0.25) is 0 Å². The lowest BCUT2D eigenvalue weighted by molar-refractivity contribution is -0.137. The zero-order valence-corrected chi connectivity index (χ0v) is 11.0. The summed E-state index contributed by atoms with van der Waals surface area (Å²) in [5, 5.41) is 8.38. The summed E-state index contributed by atoms with van der Waals surface area (Å²) in [6.07, 6.45) is -0.176. The maximum absolute atomic E-state index is 13.7. The molecule has 96 valence electrons. The molecule has 0 aliphatic carbocycles. The first-order valence-electron chi connectivity index (χ1n) is 4.88.